The minimum absolute atomic E-state index is 0. The molecule has 0 radical (unpaired) electrons. The summed E-state index contributed by atoms with van der Waals surface area (Å²) in [6.07, 6.45) is -0.727. The number of nitrogens with two attached hydrogens (primary N) is 1. The lowest BCUT2D eigenvalue weighted by molar-refractivity contribution is 0.163. The molecule has 0 heterocycles. The first kappa shape index (κ1) is 16.2. The van der Waals surface area contributed by atoms with Gasteiger partial charge < -0.3 is 16.2 Å². The lowest BCUT2D eigenvalue weighted by Crippen LogP contribution is -2.38. The molecule has 0 saturated heterocycles. The average Bonchev–Trinajstić information content (AvgIpc) is 2.17. The largest absolute Gasteiger partial charge is 0.396 e. The van der Waals surface area contributed by atoms with Crippen LogP contribution in [0.25, 0.3) is 0 Å². The molecule has 0 fully saturated rings. The van der Waals surface area contributed by atoms with Crippen LogP contribution < -0.4 is 11.1 Å². The number of hydrogen-bond donors (Lipinski definition) is 3. The van der Waals surface area contributed by atoms with E-state index in [0.717, 1.165) is 0 Å². The fraction of sp³-hybridized carbons (Fsp3) is 0.500. The van der Waals surface area contributed by atoms with E-state index in [1.165, 1.54) is 12.1 Å². The van der Waals surface area contributed by atoms with Crippen molar-refractivity contribution in [3.63, 3.8) is 0 Å². The maximum absolute atomic E-state index is 13.2. The van der Waals surface area contributed by atoms with Crippen LogP contribution in [-0.2, 0) is 0 Å². The fourth-order valence-corrected chi connectivity index (χ4v) is 1.27. The predicted molar refractivity (Wildman–Crippen MR) is 70.8 cm³/mol. The third-order valence-electron chi connectivity index (χ3n) is 2.24. The van der Waals surface area contributed by atoms with Gasteiger partial charge in [-0.05, 0) is 38.5 Å². The first-order chi connectivity index (χ1) is 7.29. The number of anilines is 1. The molecule has 0 bridgehead atoms. The van der Waals surface area contributed by atoms with E-state index in [0.29, 0.717) is 12.1 Å². The van der Waals surface area contributed by atoms with Gasteiger partial charge in [-0.3, -0.25) is 0 Å². The van der Waals surface area contributed by atoms with Gasteiger partial charge in [0.05, 0.1) is 11.8 Å². The SMILES string of the molecule is CC(C)(C)NCC(O)c1ccc(N)c(F)c1.Cl. The quantitative estimate of drug-likeness (QED) is 0.733. The Kier molecular flexibility index (Phi) is 5.88. The van der Waals surface area contributed by atoms with Gasteiger partial charge in [0.1, 0.15) is 5.82 Å². The van der Waals surface area contributed by atoms with E-state index in [-0.39, 0.29) is 23.6 Å². The zero-order valence-corrected chi connectivity index (χ0v) is 11.1. The molecule has 0 aliphatic heterocycles. The van der Waals surface area contributed by atoms with E-state index in [1.54, 1.807) is 6.07 Å². The monoisotopic (exact) mass is 262 g/mol. The van der Waals surface area contributed by atoms with Crippen LogP contribution in [0.2, 0.25) is 0 Å². The molecule has 3 nitrogen and oxygen atoms in total. The minimum Gasteiger partial charge on any atom is -0.396 e. The summed E-state index contributed by atoms with van der Waals surface area (Å²) < 4.78 is 13.2. The zero-order valence-electron chi connectivity index (χ0n) is 10.3. The zero-order chi connectivity index (χ0) is 12.3. The van der Waals surface area contributed by atoms with E-state index < -0.39 is 11.9 Å². The predicted octanol–water partition coefficient (Wildman–Crippen LogP) is 2.25. The topological polar surface area (TPSA) is 58.3 Å². The highest BCUT2D eigenvalue weighted by atomic mass is 35.5. The fourth-order valence-electron chi connectivity index (χ4n) is 1.27. The maximum Gasteiger partial charge on any atom is 0.146 e. The number of rotatable bonds is 3. The van der Waals surface area contributed by atoms with Crippen molar-refractivity contribution in [2.24, 2.45) is 0 Å². The average molecular weight is 263 g/mol. The van der Waals surface area contributed by atoms with Crippen molar-refractivity contribution in [3.05, 3.63) is 29.6 Å². The molecule has 1 unspecified atom stereocenters. The first-order valence-corrected chi connectivity index (χ1v) is 5.27. The Balaban J connectivity index is 0.00000256. The van der Waals surface area contributed by atoms with Crippen LogP contribution in [0.3, 0.4) is 0 Å². The second-order valence-electron chi connectivity index (χ2n) is 4.93. The third-order valence-corrected chi connectivity index (χ3v) is 2.24. The summed E-state index contributed by atoms with van der Waals surface area (Å²) >= 11 is 0. The van der Waals surface area contributed by atoms with Crippen LogP contribution in [0, 0.1) is 5.82 Å². The van der Waals surface area contributed by atoms with Gasteiger partial charge in [0.25, 0.3) is 0 Å². The molecule has 0 saturated carbocycles. The summed E-state index contributed by atoms with van der Waals surface area (Å²) in [6.45, 7) is 6.39. The Morgan fingerprint density at radius 1 is 1.41 bits per heavy atom. The van der Waals surface area contributed by atoms with Crippen LogP contribution in [0.15, 0.2) is 18.2 Å². The van der Waals surface area contributed by atoms with E-state index >= 15 is 0 Å². The standard InChI is InChI=1S/C12H19FN2O.ClH/c1-12(2,3)15-7-11(16)8-4-5-10(14)9(13)6-8;/h4-6,11,15-16H,7,14H2,1-3H3;1H. The highest BCUT2D eigenvalue weighted by Gasteiger charge is 2.14. The first-order valence-electron chi connectivity index (χ1n) is 5.27. The van der Waals surface area contributed by atoms with Gasteiger partial charge in [-0.15, -0.1) is 12.4 Å². The van der Waals surface area contributed by atoms with Gasteiger partial charge in [0.15, 0.2) is 0 Å². The molecule has 0 amide bonds. The Hall–Kier alpha value is -0.840. The van der Waals surface area contributed by atoms with Crippen LogP contribution >= 0.6 is 12.4 Å². The van der Waals surface area contributed by atoms with Crippen molar-refractivity contribution in [1.82, 2.24) is 5.32 Å². The highest BCUT2D eigenvalue weighted by molar-refractivity contribution is 5.85. The Labute approximate surface area is 108 Å². The van der Waals surface area contributed by atoms with E-state index in [4.69, 9.17) is 5.73 Å². The molecule has 4 N–H and O–H groups in total. The molecule has 98 valence electrons. The van der Waals surface area contributed by atoms with Gasteiger partial charge in [0, 0.05) is 12.1 Å². The molecule has 1 aromatic carbocycles. The Morgan fingerprint density at radius 3 is 2.47 bits per heavy atom. The normalized spacial score (nSPS) is 13.0. The molecular formula is C12H20ClFN2O. The van der Waals surface area contributed by atoms with Crippen LogP contribution in [-0.4, -0.2) is 17.2 Å². The molecule has 5 heteroatoms. The van der Waals surface area contributed by atoms with Crippen molar-refractivity contribution in [2.75, 3.05) is 12.3 Å². The van der Waals surface area contributed by atoms with Crippen molar-refractivity contribution in [3.8, 4) is 0 Å². The minimum atomic E-state index is -0.727. The van der Waals surface area contributed by atoms with E-state index in [9.17, 15) is 9.50 Å². The number of aliphatic hydroxyl groups is 1. The number of nitrogen functional groups attached to an aromatic ring is 1. The van der Waals surface area contributed by atoms with Gasteiger partial charge in [-0.1, -0.05) is 6.07 Å². The van der Waals surface area contributed by atoms with Crippen LogP contribution in [0.4, 0.5) is 10.1 Å². The van der Waals surface area contributed by atoms with Crippen LogP contribution in [0.5, 0.6) is 0 Å². The Bertz CT molecular complexity index is 366. The smallest absolute Gasteiger partial charge is 0.146 e. The lowest BCUT2D eigenvalue weighted by atomic mass is 10.1. The summed E-state index contributed by atoms with van der Waals surface area (Å²) in [7, 11) is 0. The lowest BCUT2D eigenvalue weighted by Gasteiger charge is -2.23. The van der Waals surface area contributed by atoms with Gasteiger partial charge >= 0.3 is 0 Å². The second kappa shape index (κ2) is 6.19. The molecule has 0 aliphatic rings. The molecule has 0 aliphatic carbocycles. The second-order valence-corrected chi connectivity index (χ2v) is 4.93. The van der Waals surface area contributed by atoms with E-state index in [2.05, 4.69) is 5.32 Å². The summed E-state index contributed by atoms with van der Waals surface area (Å²) in [5.41, 5.74) is 5.91. The Morgan fingerprint density at radius 2 is 2.00 bits per heavy atom. The molecule has 0 aromatic heterocycles. The highest BCUT2D eigenvalue weighted by Crippen LogP contribution is 2.18. The molecule has 17 heavy (non-hydrogen) atoms. The number of aliphatic hydroxyl groups excluding tert-OH is 1. The number of benzene rings is 1. The molecule has 0 spiro atoms. The van der Waals surface area contributed by atoms with Crippen molar-refractivity contribution in [2.45, 2.75) is 32.4 Å². The number of nitrogens with one attached hydrogen (secondary N) is 1. The molecule has 1 rings (SSSR count). The molecular weight excluding hydrogens is 243 g/mol. The summed E-state index contributed by atoms with van der Waals surface area (Å²) in [5, 5.41) is 13.0. The van der Waals surface area contributed by atoms with Gasteiger partial charge in [-0.2, -0.15) is 0 Å². The third kappa shape index (κ3) is 5.35. The van der Waals surface area contributed by atoms with Crippen molar-refractivity contribution >= 4 is 18.1 Å². The maximum atomic E-state index is 13.2. The molecule has 1 atom stereocenters. The summed E-state index contributed by atoms with van der Waals surface area (Å²) in [5.74, 6) is -0.493. The summed E-state index contributed by atoms with van der Waals surface area (Å²) in [6, 6.07) is 4.36. The van der Waals surface area contributed by atoms with Gasteiger partial charge in [-0.25, -0.2) is 4.39 Å². The van der Waals surface area contributed by atoms with Crippen molar-refractivity contribution in [1.29, 1.82) is 0 Å². The van der Waals surface area contributed by atoms with Gasteiger partial charge in [0.2, 0.25) is 0 Å². The number of hydrogen-bond acceptors (Lipinski definition) is 3. The summed E-state index contributed by atoms with van der Waals surface area (Å²) in [4.78, 5) is 0. The molecule has 1 aromatic rings. The number of β-amino-alcohol motifs (C(OH)–C–C–N with tert-alkyl or cyclic N) is 1. The van der Waals surface area contributed by atoms with E-state index in [1.807, 2.05) is 20.8 Å². The van der Waals surface area contributed by atoms with Crippen molar-refractivity contribution < 1.29 is 9.50 Å². The van der Waals surface area contributed by atoms with Crippen LogP contribution in [0.1, 0.15) is 32.4 Å². The number of halogens is 2.